The van der Waals surface area contributed by atoms with Crippen LogP contribution >= 0.6 is 15.9 Å². The van der Waals surface area contributed by atoms with Crippen LogP contribution in [0.3, 0.4) is 0 Å². The summed E-state index contributed by atoms with van der Waals surface area (Å²) in [6.45, 7) is 8.17. The molecule has 20 heavy (non-hydrogen) atoms. The summed E-state index contributed by atoms with van der Waals surface area (Å²) in [6.07, 6.45) is 2.37. The Labute approximate surface area is 131 Å². The second-order valence-corrected chi connectivity index (χ2v) is 5.60. The third-order valence-electron chi connectivity index (χ3n) is 3.01. The van der Waals surface area contributed by atoms with Gasteiger partial charge in [0.2, 0.25) is 0 Å². The third kappa shape index (κ3) is 7.39. The van der Waals surface area contributed by atoms with E-state index in [1.807, 2.05) is 0 Å². The maximum absolute atomic E-state index is 5.95. The van der Waals surface area contributed by atoms with Crippen molar-refractivity contribution in [3.8, 4) is 0 Å². The molecule has 0 saturated carbocycles. The molecule has 114 valence electrons. The summed E-state index contributed by atoms with van der Waals surface area (Å²) in [6, 6.07) is 8.30. The Morgan fingerprint density at radius 3 is 2.50 bits per heavy atom. The van der Waals surface area contributed by atoms with Crippen molar-refractivity contribution in [1.82, 2.24) is 5.32 Å². The Hall–Kier alpha value is -0.420. The standard InChI is InChI=1S/C16H26BrNO2/c1-3-5-10-19-11-12-20-16(13-18-4-2)14-6-8-15(17)9-7-14/h6-9,16,18H,3-5,10-13H2,1-2H3. The van der Waals surface area contributed by atoms with Crippen molar-refractivity contribution in [3.63, 3.8) is 0 Å². The number of hydrogen-bond acceptors (Lipinski definition) is 3. The number of unbranched alkanes of at least 4 members (excludes halogenated alkanes) is 1. The predicted molar refractivity (Wildman–Crippen MR) is 87.1 cm³/mol. The molecule has 0 aliphatic carbocycles. The highest BCUT2D eigenvalue weighted by atomic mass is 79.9. The van der Waals surface area contributed by atoms with Crippen molar-refractivity contribution in [2.75, 3.05) is 32.9 Å². The van der Waals surface area contributed by atoms with Crippen LogP contribution in [-0.4, -0.2) is 32.9 Å². The molecule has 0 amide bonds. The molecule has 0 fully saturated rings. The zero-order chi connectivity index (χ0) is 14.6. The fraction of sp³-hybridized carbons (Fsp3) is 0.625. The van der Waals surface area contributed by atoms with E-state index in [0.717, 1.165) is 30.6 Å². The van der Waals surface area contributed by atoms with Gasteiger partial charge in [0.05, 0.1) is 19.3 Å². The molecule has 3 nitrogen and oxygen atoms in total. The highest BCUT2D eigenvalue weighted by molar-refractivity contribution is 9.10. The Balaban J connectivity index is 2.37. The lowest BCUT2D eigenvalue weighted by Crippen LogP contribution is -2.24. The van der Waals surface area contributed by atoms with Crippen molar-refractivity contribution in [3.05, 3.63) is 34.3 Å². The summed E-state index contributed by atoms with van der Waals surface area (Å²) >= 11 is 3.46. The zero-order valence-corrected chi connectivity index (χ0v) is 14.1. The molecule has 1 aromatic rings. The number of rotatable bonds is 11. The average molecular weight is 344 g/mol. The van der Waals surface area contributed by atoms with Crippen LogP contribution in [0.1, 0.15) is 38.4 Å². The molecule has 1 N–H and O–H groups in total. The van der Waals surface area contributed by atoms with Crippen LogP contribution in [0, 0.1) is 0 Å². The van der Waals surface area contributed by atoms with E-state index in [4.69, 9.17) is 9.47 Å². The lowest BCUT2D eigenvalue weighted by Gasteiger charge is -2.19. The van der Waals surface area contributed by atoms with Crippen LogP contribution < -0.4 is 5.32 Å². The Kier molecular flexibility index (Phi) is 9.93. The van der Waals surface area contributed by atoms with Crippen molar-refractivity contribution >= 4 is 15.9 Å². The molecule has 4 heteroatoms. The molecule has 1 rings (SSSR count). The minimum absolute atomic E-state index is 0.0813. The van der Waals surface area contributed by atoms with Gasteiger partial charge >= 0.3 is 0 Å². The van der Waals surface area contributed by atoms with Gasteiger partial charge in [0.15, 0.2) is 0 Å². The first kappa shape index (κ1) is 17.6. The molecule has 0 aliphatic rings. The van der Waals surface area contributed by atoms with E-state index in [2.05, 4.69) is 59.4 Å². The Morgan fingerprint density at radius 1 is 1.10 bits per heavy atom. The number of likely N-dealkylation sites (N-methyl/N-ethyl adjacent to an activating group) is 1. The fourth-order valence-corrected chi connectivity index (χ4v) is 2.09. The number of benzene rings is 1. The molecule has 0 bridgehead atoms. The van der Waals surface area contributed by atoms with Crippen LogP contribution in [0.2, 0.25) is 0 Å². The number of ether oxygens (including phenoxy) is 2. The molecule has 0 radical (unpaired) electrons. The van der Waals surface area contributed by atoms with Gasteiger partial charge < -0.3 is 14.8 Å². The van der Waals surface area contributed by atoms with Crippen molar-refractivity contribution < 1.29 is 9.47 Å². The Bertz CT molecular complexity index is 343. The molecule has 1 unspecified atom stereocenters. The number of nitrogens with one attached hydrogen (secondary N) is 1. The fourth-order valence-electron chi connectivity index (χ4n) is 1.82. The zero-order valence-electron chi connectivity index (χ0n) is 12.5. The van der Waals surface area contributed by atoms with E-state index >= 15 is 0 Å². The summed E-state index contributed by atoms with van der Waals surface area (Å²) < 4.78 is 12.6. The third-order valence-corrected chi connectivity index (χ3v) is 3.54. The van der Waals surface area contributed by atoms with Gasteiger partial charge in [-0.3, -0.25) is 0 Å². The summed E-state index contributed by atoms with van der Waals surface area (Å²) in [7, 11) is 0. The molecule has 1 atom stereocenters. The SMILES string of the molecule is CCCCOCCOC(CNCC)c1ccc(Br)cc1. The lowest BCUT2D eigenvalue weighted by molar-refractivity contribution is 0.00379. The van der Waals surface area contributed by atoms with Gasteiger partial charge in [0.25, 0.3) is 0 Å². The van der Waals surface area contributed by atoms with Crippen molar-refractivity contribution in [1.29, 1.82) is 0 Å². The van der Waals surface area contributed by atoms with Crippen LogP contribution in [0.15, 0.2) is 28.7 Å². The predicted octanol–water partition coefficient (Wildman–Crippen LogP) is 3.93. The van der Waals surface area contributed by atoms with Gasteiger partial charge in [-0.1, -0.05) is 48.3 Å². The molecule has 0 saturated heterocycles. The summed E-state index contributed by atoms with van der Waals surface area (Å²) in [4.78, 5) is 0. The van der Waals surface area contributed by atoms with E-state index in [0.29, 0.717) is 13.2 Å². The minimum atomic E-state index is 0.0813. The second kappa shape index (κ2) is 11.3. The van der Waals surface area contributed by atoms with Crippen LogP contribution in [-0.2, 0) is 9.47 Å². The van der Waals surface area contributed by atoms with Crippen LogP contribution in [0.4, 0.5) is 0 Å². The van der Waals surface area contributed by atoms with Gasteiger partial charge in [-0.25, -0.2) is 0 Å². The second-order valence-electron chi connectivity index (χ2n) is 4.68. The first-order chi connectivity index (χ1) is 9.77. The monoisotopic (exact) mass is 343 g/mol. The van der Waals surface area contributed by atoms with E-state index in [9.17, 15) is 0 Å². The number of hydrogen-bond donors (Lipinski definition) is 1. The first-order valence-electron chi connectivity index (χ1n) is 7.43. The Morgan fingerprint density at radius 2 is 1.85 bits per heavy atom. The van der Waals surface area contributed by atoms with Gasteiger partial charge in [-0.2, -0.15) is 0 Å². The summed E-state index contributed by atoms with van der Waals surface area (Å²) in [5.74, 6) is 0. The summed E-state index contributed by atoms with van der Waals surface area (Å²) in [5, 5.41) is 3.35. The van der Waals surface area contributed by atoms with Crippen molar-refractivity contribution in [2.45, 2.75) is 32.8 Å². The maximum atomic E-state index is 5.95. The van der Waals surface area contributed by atoms with Crippen molar-refractivity contribution in [2.24, 2.45) is 0 Å². The quantitative estimate of drug-likeness (QED) is 0.617. The highest BCUT2D eigenvalue weighted by Gasteiger charge is 2.11. The lowest BCUT2D eigenvalue weighted by atomic mass is 10.1. The molecule has 0 aromatic heterocycles. The number of halogens is 1. The van der Waals surface area contributed by atoms with Gasteiger partial charge in [-0.15, -0.1) is 0 Å². The topological polar surface area (TPSA) is 30.5 Å². The molecular formula is C16H26BrNO2. The highest BCUT2D eigenvalue weighted by Crippen LogP contribution is 2.19. The molecule has 0 heterocycles. The molecule has 0 spiro atoms. The molecule has 1 aromatic carbocycles. The maximum Gasteiger partial charge on any atom is 0.0950 e. The van der Waals surface area contributed by atoms with E-state index in [1.54, 1.807) is 0 Å². The summed E-state index contributed by atoms with van der Waals surface area (Å²) in [5.41, 5.74) is 1.20. The van der Waals surface area contributed by atoms with Crippen LogP contribution in [0.5, 0.6) is 0 Å². The normalized spacial score (nSPS) is 12.6. The van der Waals surface area contributed by atoms with E-state index in [1.165, 1.54) is 12.0 Å². The van der Waals surface area contributed by atoms with Gasteiger partial charge in [0.1, 0.15) is 0 Å². The van der Waals surface area contributed by atoms with Crippen LogP contribution in [0.25, 0.3) is 0 Å². The van der Waals surface area contributed by atoms with Gasteiger partial charge in [0, 0.05) is 17.6 Å². The minimum Gasteiger partial charge on any atom is -0.379 e. The van der Waals surface area contributed by atoms with E-state index < -0.39 is 0 Å². The van der Waals surface area contributed by atoms with Gasteiger partial charge in [-0.05, 0) is 30.7 Å². The average Bonchev–Trinajstić information content (AvgIpc) is 2.47. The largest absolute Gasteiger partial charge is 0.379 e. The smallest absolute Gasteiger partial charge is 0.0950 e. The van der Waals surface area contributed by atoms with E-state index in [-0.39, 0.29) is 6.10 Å². The molecule has 0 aliphatic heterocycles. The first-order valence-corrected chi connectivity index (χ1v) is 8.22. The molecular weight excluding hydrogens is 318 g/mol.